The Kier molecular flexibility index (Phi) is 9.97. The molecule has 2 amide bonds. The molecule has 8 nitrogen and oxygen atoms in total. The van der Waals surface area contributed by atoms with Crippen LogP contribution in [0.15, 0.2) is 48.5 Å². The van der Waals surface area contributed by atoms with Crippen molar-refractivity contribution in [1.29, 1.82) is 0 Å². The van der Waals surface area contributed by atoms with E-state index in [1.807, 2.05) is 38.1 Å². The van der Waals surface area contributed by atoms with E-state index in [0.29, 0.717) is 18.0 Å². The fourth-order valence-electron chi connectivity index (χ4n) is 4.61. The van der Waals surface area contributed by atoms with Crippen molar-refractivity contribution in [3.05, 3.63) is 59.7 Å². The molecule has 2 aromatic rings. The van der Waals surface area contributed by atoms with Crippen LogP contribution < -0.4 is 14.4 Å². The van der Waals surface area contributed by atoms with E-state index in [9.17, 15) is 18.0 Å². The average Bonchev–Trinajstić information content (AvgIpc) is 2.87. The topological polar surface area (TPSA) is 96.0 Å². The Labute approximate surface area is 221 Å². The van der Waals surface area contributed by atoms with Gasteiger partial charge in [-0.1, -0.05) is 43.5 Å². The van der Waals surface area contributed by atoms with Gasteiger partial charge in [0.1, 0.15) is 18.3 Å². The minimum atomic E-state index is -3.78. The van der Waals surface area contributed by atoms with E-state index in [1.165, 1.54) is 11.3 Å². The molecule has 0 spiro atoms. The second-order valence-corrected chi connectivity index (χ2v) is 11.6. The first-order valence-electron chi connectivity index (χ1n) is 12.9. The van der Waals surface area contributed by atoms with Crippen LogP contribution in [0.5, 0.6) is 5.75 Å². The van der Waals surface area contributed by atoms with Gasteiger partial charge in [-0.15, -0.1) is 0 Å². The summed E-state index contributed by atoms with van der Waals surface area (Å²) in [6.45, 7) is 5.79. The molecular weight excluding hydrogens is 490 g/mol. The van der Waals surface area contributed by atoms with Crippen LogP contribution in [0.25, 0.3) is 0 Å². The SMILES string of the molecule is CCOc1ccc(N(CC(=O)N(Cc2ccccc2C)[C@@H](C)C(=O)NC2CCCCC2)S(C)(=O)=O)cc1. The van der Waals surface area contributed by atoms with Crippen molar-refractivity contribution in [2.75, 3.05) is 23.7 Å². The van der Waals surface area contributed by atoms with Crippen molar-refractivity contribution in [3.8, 4) is 5.75 Å². The first-order valence-corrected chi connectivity index (χ1v) is 14.8. The first-order chi connectivity index (χ1) is 17.6. The van der Waals surface area contributed by atoms with Gasteiger partial charge in [0, 0.05) is 12.6 Å². The molecule has 0 aliphatic heterocycles. The van der Waals surface area contributed by atoms with Crippen LogP contribution in [0.2, 0.25) is 0 Å². The number of amides is 2. The van der Waals surface area contributed by atoms with Crippen molar-refractivity contribution in [3.63, 3.8) is 0 Å². The molecule has 0 saturated heterocycles. The Balaban J connectivity index is 1.86. The number of rotatable bonds is 11. The monoisotopic (exact) mass is 529 g/mol. The third-order valence-electron chi connectivity index (χ3n) is 6.84. The number of nitrogens with zero attached hydrogens (tertiary/aromatic N) is 2. The molecular formula is C28H39N3O5S. The summed E-state index contributed by atoms with van der Waals surface area (Å²) in [5.74, 6) is -0.0603. The molecule has 1 aliphatic rings. The fourth-order valence-corrected chi connectivity index (χ4v) is 5.46. The Morgan fingerprint density at radius 2 is 1.70 bits per heavy atom. The lowest BCUT2D eigenvalue weighted by molar-refractivity contribution is -0.139. The predicted octanol–water partition coefficient (Wildman–Crippen LogP) is 4.03. The lowest BCUT2D eigenvalue weighted by atomic mass is 9.95. The Morgan fingerprint density at radius 1 is 1.05 bits per heavy atom. The van der Waals surface area contributed by atoms with Crippen LogP contribution in [0.1, 0.15) is 57.1 Å². The number of benzene rings is 2. The molecule has 1 atom stereocenters. The summed E-state index contributed by atoms with van der Waals surface area (Å²) >= 11 is 0. The number of hydrogen-bond acceptors (Lipinski definition) is 5. The maximum absolute atomic E-state index is 13.7. The molecule has 1 saturated carbocycles. The normalized spacial score (nSPS) is 15.0. The lowest BCUT2D eigenvalue weighted by Crippen LogP contribution is -2.53. The largest absolute Gasteiger partial charge is 0.494 e. The molecule has 0 heterocycles. The van der Waals surface area contributed by atoms with Gasteiger partial charge in [-0.3, -0.25) is 13.9 Å². The van der Waals surface area contributed by atoms with E-state index in [2.05, 4.69) is 5.32 Å². The van der Waals surface area contributed by atoms with E-state index >= 15 is 0 Å². The maximum Gasteiger partial charge on any atom is 0.244 e. The van der Waals surface area contributed by atoms with Crippen LogP contribution in [0.4, 0.5) is 5.69 Å². The van der Waals surface area contributed by atoms with Gasteiger partial charge in [-0.05, 0) is 69.0 Å². The number of ether oxygens (including phenoxy) is 1. The molecule has 2 aromatic carbocycles. The molecule has 0 bridgehead atoms. The molecule has 3 rings (SSSR count). The molecule has 1 fully saturated rings. The van der Waals surface area contributed by atoms with Gasteiger partial charge in [0.2, 0.25) is 21.8 Å². The summed E-state index contributed by atoms with van der Waals surface area (Å²) < 4.78 is 32.0. The molecule has 1 N–H and O–H groups in total. The number of sulfonamides is 1. The minimum absolute atomic E-state index is 0.107. The number of anilines is 1. The number of carbonyl (C=O) groups is 2. The number of carbonyl (C=O) groups excluding carboxylic acids is 2. The molecule has 0 unspecified atom stereocenters. The van der Waals surface area contributed by atoms with Gasteiger partial charge >= 0.3 is 0 Å². The number of aryl methyl sites for hydroxylation is 1. The molecule has 1 aliphatic carbocycles. The zero-order valence-corrected chi connectivity index (χ0v) is 23.1. The smallest absolute Gasteiger partial charge is 0.244 e. The van der Waals surface area contributed by atoms with Crippen molar-refractivity contribution in [2.45, 2.75) is 71.5 Å². The van der Waals surface area contributed by atoms with Crippen molar-refractivity contribution < 1.29 is 22.7 Å². The Hall–Kier alpha value is -3.07. The first kappa shape index (κ1) is 28.5. The highest BCUT2D eigenvalue weighted by Gasteiger charge is 2.31. The predicted molar refractivity (Wildman–Crippen MR) is 146 cm³/mol. The van der Waals surface area contributed by atoms with E-state index in [4.69, 9.17) is 4.74 Å². The summed E-state index contributed by atoms with van der Waals surface area (Å²) in [5, 5.41) is 3.11. The summed E-state index contributed by atoms with van der Waals surface area (Å²) in [5.41, 5.74) is 2.25. The van der Waals surface area contributed by atoms with Gasteiger partial charge < -0.3 is 15.0 Å². The molecule has 9 heteroatoms. The molecule has 37 heavy (non-hydrogen) atoms. The maximum atomic E-state index is 13.7. The van der Waals surface area contributed by atoms with Crippen LogP contribution in [0.3, 0.4) is 0 Å². The van der Waals surface area contributed by atoms with Crippen molar-refractivity contribution >= 4 is 27.5 Å². The second-order valence-electron chi connectivity index (χ2n) is 9.66. The standard InChI is InChI=1S/C28H39N3O5S/c1-5-36-26-17-15-25(16-18-26)31(37(4,34)35)20-27(32)30(19-23-12-10-9-11-21(23)2)22(3)28(33)29-24-13-7-6-8-14-24/h9-12,15-18,22,24H,5-8,13-14,19-20H2,1-4H3,(H,29,33)/t22-/m0/s1. The van der Waals surface area contributed by atoms with E-state index < -0.39 is 28.5 Å². The Bertz CT molecular complexity index is 1160. The second kappa shape index (κ2) is 12.9. The van der Waals surface area contributed by atoms with Crippen molar-refractivity contribution in [2.24, 2.45) is 0 Å². The molecule has 0 aromatic heterocycles. The van der Waals surface area contributed by atoms with Crippen molar-refractivity contribution in [1.82, 2.24) is 10.2 Å². The van der Waals surface area contributed by atoms with E-state index in [0.717, 1.165) is 47.4 Å². The summed E-state index contributed by atoms with van der Waals surface area (Å²) in [6, 6.07) is 13.6. The van der Waals surface area contributed by atoms with Gasteiger partial charge in [-0.2, -0.15) is 0 Å². The number of hydrogen-bond donors (Lipinski definition) is 1. The van der Waals surface area contributed by atoms with Crippen LogP contribution >= 0.6 is 0 Å². The summed E-state index contributed by atoms with van der Waals surface area (Å²) in [6.07, 6.45) is 6.27. The van der Waals surface area contributed by atoms with Gasteiger partial charge in [-0.25, -0.2) is 8.42 Å². The highest BCUT2D eigenvalue weighted by Crippen LogP contribution is 2.23. The van der Waals surface area contributed by atoms with Crippen LogP contribution in [-0.4, -0.2) is 56.6 Å². The summed E-state index contributed by atoms with van der Waals surface area (Å²) in [7, 11) is -3.78. The Morgan fingerprint density at radius 3 is 2.30 bits per heavy atom. The number of nitrogens with one attached hydrogen (secondary N) is 1. The van der Waals surface area contributed by atoms with Crippen LogP contribution in [-0.2, 0) is 26.2 Å². The lowest BCUT2D eigenvalue weighted by Gasteiger charge is -2.33. The minimum Gasteiger partial charge on any atom is -0.494 e. The zero-order valence-electron chi connectivity index (χ0n) is 22.3. The van der Waals surface area contributed by atoms with E-state index in [1.54, 1.807) is 31.2 Å². The molecule has 202 valence electrons. The van der Waals surface area contributed by atoms with E-state index in [-0.39, 0.29) is 18.5 Å². The van der Waals surface area contributed by atoms with Crippen LogP contribution in [0, 0.1) is 6.92 Å². The third-order valence-corrected chi connectivity index (χ3v) is 7.98. The summed E-state index contributed by atoms with van der Waals surface area (Å²) in [4.78, 5) is 28.4. The van der Waals surface area contributed by atoms with Gasteiger partial charge in [0.25, 0.3) is 0 Å². The van der Waals surface area contributed by atoms with Gasteiger partial charge in [0.05, 0.1) is 18.6 Å². The average molecular weight is 530 g/mol. The molecule has 0 radical (unpaired) electrons. The quantitative estimate of drug-likeness (QED) is 0.474. The highest BCUT2D eigenvalue weighted by atomic mass is 32.2. The fraction of sp³-hybridized carbons (Fsp3) is 0.500. The zero-order chi connectivity index (χ0) is 27.0. The third kappa shape index (κ3) is 7.95. The van der Waals surface area contributed by atoms with Gasteiger partial charge in [0.15, 0.2) is 0 Å². The highest BCUT2D eigenvalue weighted by molar-refractivity contribution is 7.92.